The summed E-state index contributed by atoms with van der Waals surface area (Å²) in [5.74, 6) is 0.657. The van der Waals surface area contributed by atoms with E-state index in [9.17, 15) is 0 Å². The molecular formula is C13H18N4O. The Labute approximate surface area is 107 Å². The highest BCUT2D eigenvalue weighted by molar-refractivity contribution is 5.52. The minimum absolute atomic E-state index is 0.630. The molecule has 1 heterocycles. The molecular weight excluding hydrogens is 228 g/mol. The summed E-state index contributed by atoms with van der Waals surface area (Å²) in [6.45, 7) is 4.22. The second-order valence-corrected chi connectivity index (χ2v) is 4.04. The summed E-state index contributed by atoms with van der Waals surface area (Å²) >= 11 is 0. The van der Waals surface area contributed by atoms with Crippen LogP contribution in [0.4, 0.5) is 0 Å². The number of unbranched alkanes of at least 4 members (excludes halogenated alkanes) is 1. The SMILES string of the molecule is CCCCOCCn1nnc(-c2ccccc2)n1. The minimum Gasteiger partial charge on any atom is -0.379 e. The molecule has 1 aromatic heterocycles. The molecule has 5 heteroatoms. The van der Waals surface area contributed by atoms with Crippen molar-refractivity contribution in [3.63, 3.8) is 0 Å². The molecule has 2 aromatic rings. The third-order valence-corrected chi connectivity index (χ3v) is 2.56. The minimum atomic E-state index is 0.630. The lowest BCUT2D eigenvalue weighted by Gasteiger charge is -2.01. The molecule has 0 atom stereocenters. The van der Waals surface area contributed by atoms with Gasteiger partial charge in [-0.2, -0.15) is 4.80 Å². The van der Waals surface area contributed by atoms with Gasteiger partial charge in [0.15, 0.2) is 0 Å². The van der Waals surface area contributed by atoms with Crippen LogP contribution < -0.4 is 0 Å². The van der Waals surface area contributed by atoms with Gasteiger partial charge >= 0.3 is 0 Å². The van der Waals surface area contributed by atoms with Crippen molar-refractivity contribution in [2.75, 3.05) is 13.2 Å². The van der Waals surface area contributed by atoms with Gasteiger partial charge in [0, 0.05) is 12.2 Å². The van der Waals surface area contributed by atoms with Gasteiger partial charge in [-0.3, -0.25) is 0 Å². The van der Waals surface area contributed by atoms with Crippen LogP contribution in [0.2, 0.25) is 0 Å². The number of aromatic nitrogens is 4. The third-order valence-electron chi connectivity index (χ3n) is 2.56. The van der Waals surface area contributed by atoms with E-state index in [1.807, 2.05) is 30.3 Å². The summed E-state index contributed by atoms with van der Waals surface area (Å²) in [6.07, 6.45) is 2.25. The van der Waals surface area contributed by atoms with Crippen molar-refractivity contribution in [2.45, 2.75) is 26.3 Å². The highest BCUT2D eigenvalue weighted by Gasteiger charge is 2.04. The van der Waals surface area contributed by atoms with Crippen LogP contribution in [0, 0.1) is 0 Å². The van der Waals surface area contributed by atoms with Crippen molar-refractivity contribution in [1.29, 1.82) is 0 Å². The van der Waals surface area contributed by atoms with Crippen LogP contribution in [0.15, 0.2) is 30.3 Å². The van der Waals surface area contributed by atoms with E-state index in [2.05, 4.69) is 22.3 Å². The van der Waals surface area contributed by atoms with Crippen LogP contribution >= 0.6 is 0 Å². The van der Waals surface area contributed by atoms with Gasteiger partial charge in [0.05, 0.1) is 13.2 Å². The second-order valence-electron chi connectivity index (χ2n) is 4.04. The number of ether oxygens (including phenoxy) is 1. The van der Waals surface area contributed by atoms with Gasteiger partial charge in [0.1, 0.15) is 0 Å². The first-order valence-corrected chi connectivity index (χ1v) is 6.31. The number of benzene rings is 1. The van der Waals surface area contributed by atoms with Crippen LogP contribution in [0.5, 0.6) is 0 Å². The maximum absolute atomic E-state index is 5.46. The molecule has 2 rings (SSSR count). The van der Waals surface area contributed by atoms with Crippen LogP contribution in [0.3, 0.4) is 0 Å². The second kappa shape index (κ2) is 6.86. The van der Waals surface area contributed by atoms with Crippen molar-refractivity contribution in [3.8, 4) is 11.4 Å². The molecule has 0 radical (unpaired) electrons. The Morgan fingerprint density at radius 1 is 1.17 bits per heavy atom. The van der Waals surface area contributed by atoms with Gasteiger partial charge in [-0.25, -0.2) is 0 Å². The van der Waals surface area contributed by atoms with E-state index in [1.54, 1.807) is 4.80 Å². The Morgan fingerprint density at radius 2 is 2.00 bits per heavy atom. The van der Waals surface area contributed by atoms with E-state index >= 15 is 0 Å². The lowest BCUT2D eigenvalue weighted by molar-refractivity contribution is 0.117. The lowest BCUT2D eigenvalue weighted by Crippen LogP contribution is -2.09. The summed E-state index contributed by atoms with van der Waals surface area (Å²) in [6, 6.07) is 9.83. The molecule has 96 valence electrons. The van der Waals surface area contributed by atoms with Crippen molar-refractivity contribution in [2.24, 2.45) is 0 Å². The molecule has 0 aliphatic heterocycles. The topological polar surface area (TPSA) is 52.8 Å². The average Bonchev–Trinajstić information content (AvgIpc) is 2.88. The van der Waals surface area contributed by atoms with Gasteiger partial charge < -0.3 is 4.74 Å². The van der Waals surface area contributed by atoms with Crippen LogP contribution in [-0.4, -0.2) is 33.4 Å². The third kappa shape index (κ3) is 3.63. The molecule has 0 saturated carbocycles. The molecule has 0 spiro atoms. The predicted molar refractivity (Wildman–Crippen MR) is 69.0 cm³/mol. The summed E-state index contributed by atoms with van der Waals surface area (Å²) in [4.78, 5) is 1.58. The molecule has 0 N–H and O–H groups in total. The van der Waals surface area contributed by atoms with E-state index in [0.717, 1.165) is 25.0 Å². The Morgan fingerprint density at radius 3 is 2.78 bits per heavy atom. The highest BCUT2D eigenvalue weighted by Crippen LogP contribution is 2.11. The largest absolute Gasteiger partial charge is 0.379 e. The highest BCUT2D eigenvalue weighted by atomic mass is 16.5. The van der Waals surface area contributed by atoms with Crippen molar-refractivity contribution >= 4 is 0 Å². The molecule has 0 aliphatic rings. The van der Waals surface area contributed by atoms with Crippen LogP contribution in [0.25, 0.3) is 11.4 Å². The molecule has 0 unspecified atom stereocenters. The van der Waals surface area contributed by atoms with Gasteiger partial charge in [-0.05, 0) is 11.6 Å². The Hall–Kier alpha value is -1.75. The molecule has 0 aliphatic carbocycles. The smallest absolute Gasteiger partial charge is 0.204 e. The van der Waals surface area contributed by atoms with Gasteiger partial charge in [0.2, 0.25) is 5.82 Å². The average molecular weight is 246 g/mol. The fraction of sp³-hybridized carbons (Fsp3) is 0.462. The van der Waals surface area contributed by atoms with E-state index in [-0.39, 0.29) is 0 Å². The van der Waals surface area contributed by atoms with Gasteiger partial charge in [0.25, 0.3) is 0 Å². The first-order valence-electron chi connectivity index (χ1n) is 6.31. The monoisotopic (exact) mass is 246 g/mol. The molecule has 0 bridgehead atoms. The van der Waals surface area contributed by atoms with Crippen molar-refractivity contribution in [1.82, 2.24) is 20.2 Å². The Kier molecular flexibility index (Phi) is 4.84. The lowest BCUT2D eigenvalue weighted by atomic mass is 10.2. The van der Waals surface area contributed by atoms with Crippen molar-refractivity contribution in [3.05, 3.63) is 30.3 Å². The van der Waals surface area contributed by atoms with Crippen LogP contribution in [0.1, 0.15) is 19.8 Å². The van der Waals surface area contributed by atoms with Gasteiger partial charge in [-0.1, -0.05) is 43.7 Å². The van der Waals surface area contributed by atoms with E-state index in [1.165, 1.54) is 0 Å². The Bertz CT molecular complexity index is 455. The normalized spacial score (nSPS) is 10.7. The molecule has 0 fully saturated rings. The Balaban J connectivity index is 1.83. The maximum Gasteiger partial charge on any atom is 0.204 e. The fourth-order valence-electron chi connectivity index (χ4n) is 1.54. The van der Waals surface area contributed by atoms with Crippen molar-refractivity contribution < 1.29 is 4.74 Å². The molecule has 18 heavy (non-hydrogen) atoms. The van der Waals surface area contributed by atoms with E-state index in [4.69, 9.17) is 4.74 Å². The van der Waals surface area contributed by atoms with Gasteiger partial charge in [-0.15, -0.1) is 10.2 Å². The fourth-order valence-corrected chi connectivity index (χ4v) is 1.54. The molecule has 0 amide bonds. The first-order chi connectivity index (χ1) is 8.90. The standard InChI is InChI=1S/C13H18N4O/c1-2-3-10-18-11-9-17-15-13(14-16-17)12-7-5-4-6-8-12/h4-8H,2-3,9-11H2,1H3. The predicted octanol–water partition coefficient (Wildman–Crippen LogP) is 2.16. The summed E-state index contributed by atoms with van der Waals surface area (Å²) in [7, 11) is 0. The maximum atomic E-state index is 5.46. The number of hydrogen-bond acceptors (Lipinski definition) is 4. The quantitative estimate of drug-likeness (QED) is 0.702. The summed E-state index contributed by atoms with van der Waals surface area (Å²) in [5.41, 5.74) is 0.982. The number of nitrogens with zero attached hydrogens (tertiary/aromatic N) is 4. The zero-order valence-electron chi connectivity index (χ0n) is 10.6. The summed E-state index contributed by atoms with van der Waals surface area (Å²) < 4.78 is 5.46. The molecule has 0 saturated heterocycles. The van der Waals surface area contributed by atoms with E-state index in [0.29, 0.717) is 19.0 Å². The molecule has 1 aromatic carbocycles. The number of rotatable bonds is 7. The zero-order valence-corrected chi connectivity index (χ0v) is 10.6. The van der Waals surface area contributed by atoms with Crippen LogP contribution in [-0.2, 0) is 11.3 Å². The zero-order chi connectivity index (χ0) is 12.6. The van der Waals surface area contributed by atoms with E-state index < -0.39 is 0 Å². The number of tetrazole rings is 1. The summed E-state index contributed by atoms with van der Waals surface area (Å²) in [5, 5.41) is 12.3. The number of hydrogen-bond donors (Lipinski definition) is 0. The first kappa shape index (κ1) is 12.7. The molecule has 5 nitrogen and oxygen atoms in total.